The molecular weight excluding hydrogens is 404 g/mol. The van der Waals surface area contributed by atoms with Crippen LogP contribution in [0.1, 0.15) is 52.4 Å². The first-order valence-electron chi connectivity index (χ1n) is 10.3. The average Bonchev–Trinajstić information content (AvgIpc) is 3.19. The number of likely N-dealkylation sites (tertiary alicyclic amines) is 1. The first-order chi connectivity index (χ1) is 14.5. The largest absolute Gasteiger partial charge is 0.490 e. The van der Waals surface area contributed by atoms with Crippen molar-refractivity contribution in [2.75, 3.05) is 32.8 Å². The molecule has 1 aliphatic heterocycles. The van der Waals surface area contributed by atoms with Gasteiger partial charge in [0.1, 0.15) is 4.88 Å². The van der Waals surface area contributed by atoms with E-state index in [0.717, 1.165) is 24.4 Å². The molecule has 0 saturated carbocycles. The van der Waals surface area contributed by atoms with Gasteiger partial charge in [-0.3, -0.25) is 9.59 Å². The Bertz CT molecular complexity index is 878. The summed E-state index contributed by atoms with van der Waals surface area (Å²) in [6.45, 7) is 8.57. The lowest BCUT2D eigenvalue weighted by Gasteiger charge is -2.31. The fourth-order valence-electron chi connectivity index (χ4n) is 3.44. The minimum Gasteiger partial charge on any atom is -0.490 e. The smallest absolute Gasteiger partial charge is 0.267 e. The number of carbonyl (C=O) groups is 2. The van der Waals surface area contributed by atoms with Crippen LogP contribution in [0.5, 0.6) is 11.5 Å². The van der Waals surface area contributed by atoms with Crippen molar-refractivity contribution in [1.29, 1.82) is 0 Å². The zero-order chi connectivity index (χ0) is 21.5. The molecule has 0 aliphatic carbocycles. The molecule has 30 heavy (non-hydrogen) atoms. The summed E-state index contributed by atoms with van der Waals surface area (Å²) in [4.78, 5) is 27.6. The Morgan fingerprint density at radius 1 is 1.17 bits per heavy atom. The molecule has 2 heterocycles. The maximum Gasteiger partial charge on any atom is 0.267 e. The second kappa shape index (κ2) is 10.4. The second-order valence-corrected chi connectivity index (χ2v) is 7.91. The topological polar surface area (TPSA) is 93.7 Å². The molecule has 8 nitrogen and oxygen atoms in total. The van der Waals surface area contributed by atoms with E-state index in [1.54, 1.807) is 25.1 Å². The number of nitrogens with one attached hydrogen (secondary N) is 1. The Morgan fingerprint density at radius 3 is 2.50 bits per heavy atom. The lowest BCUT2D eigenvalue weighted by atomic mass is 9.96. The first-order valence-corrected chi connectivity index (χ1v) is 11.1. The normalized spacial score (nSPS) is 14.4. The van der Waals surface area contributed by atoms with E-state index in [1.165, 1.54) is 0 Å². The van der Waals surface area contributed by atoms with Crippen molar-refractivity contribution in [2.45, 2.75) is 33.6 Å². The quantitative estimate of drug-likeness (QED) is 0.689. The third kappa shape index (κ3) is 5.27. The molecule has 3 rings (SSSR count). The van der Waals surface area contributed by atoms with Gasteiger partial charge in [0.25, 0.3) is 11.8 Å². The van der Waals surface area contributed by atoms with Crippen molar-refractivity contribution < 1.29 is 19.1 Å². The van der Waals surface area contributed by atoms with Crippen molar-refractivity contribution >= 4 is 23.3 Å². The van der Waals surface area contributed by atoms with E-state index < -0.39 is 0 Å². The third-order valence-electron chi connectivity index (χ3n) is 5.10. The summed E-state index contributed by atoms with van der Waals surface area (Å²) < 4.78 is 15.0. The molecule has 1 aromatic carbocycles. The van der Waals surface area contributed by atoms with Crippen LogP contribution < -0.4 is 14.8 Å². The van der Waals surface area contributed by atoms with E-state index >= 15 is 0 Å². The predicted molar refractivity (Wildman–Crippen MR) is 114 cm³/mol. The van der Waals surface area contributed by atoms with Crippen LogP contribution in [0.15, 0.2) is 18.2 Å². The van der Waals surface area contributed by atoms with Crippen LogP contribution >= 0.6 is 11.5 Å². The fourth-order valence-corrected chi connectivity index (χ4v) is 4.07. The number of ether oxygens (including phenoxy) is 2. The second-order valence-electron chi connectivity index (χ2n) is 7.16. The van der Waals surface area contributed by atoms with Gasteiger partial charge in [0.05, 0.1) is 18.9 Å². The molecule has 2 amide bonds. The summed E-state index contributed by atoms with van der Waals surface area (Å²) in [7, 11) is 0. The number of nitrogens with zero attached hydrogens (tertiary/aromatic N) is 3. The molecule has 0 spiro atoms. The number of aryl methyl sites for hydroxylation is 1. The van der Waals surface area contributed by atoms with Gasteiger partial charge >= 0.3 is 0 Å². The zero-order valence-electron chi connectivity index (χ0n) is 17.6. The summed E-state index contributed by atoms with van der Waals surface area (Å²) in [5.74, 6) is 1.42. The molecule has 2 aromatic rings. The van der Waals surface area contributed by atoms with E-state index in [2.05, 4.69) is 14.9 Å². The van der Waals surface area contributed by atoms with Gasteiger partial charge in [-0.1, -0.05) is 4.49 Å². The van der Waals surface area contributed by atoms with Gasteiger partial charge in [0.15, 0.2) is 11.5 Å². The molecule has 1 N–H and O–H groups in total. The molecule has 1 saturated heterocycles. The monoisotopic (exact) mass is 432 g/mol. The standard InChI is InChI=1S/C21H28N4O4S/c1-4-28-17-7-6-16(12-18(17)29-5-2)20(26)22-13-15-8-10-25(11-9-15)21(27)19-14(3)23-24-30-19/h6-7,12,15H,4-5,8-11,13H2,1-3H3,(H,22,26). The Morgan fingerprint density at radius 2 is 1.87 bits per heavy atom. The number of aromatic nitrogens is 2. The van der Waals surface area contributed by atoms with Crippen LogP contribution in [0, 0.1) is 12.8 Å². The Hall–Kier alpha value is -2.68. The van der Waals surface area contributed by atoms with Crippen LogP contribution in [0.25, 0.3) is 0 Å². The molecule has 1 aliphatic rings. The van der Waals surface area contributed by atoms with Gasteiger partial charge in [-0.2, -0.15) is 0 Å². The van der Waals surface area contributed by atoms with E-state index in [4.69, 9.17) is 9.47 Å². The average molecular weight is 433 g/mol. The van der Waals surface area contributed by atoms with E-state index in [1.807, 2.05) is 18.7 Å². The van der Waals surface area contributed by atoms with Crippen molar-refractivity contribution in [2.24, 2.45) is 5.92 Å². The highest BCUT2D eigenvalue weighted by Crippen LogP contribution is 2.28. The van der Waals surface area contributed by atoms with Crippen LogP contribution in [-0.4, -0.2) is 59.1 Å². The highest BCUT2D eigenvalue weighted by molar-refractivity contribution is 7.07. The molecule has 0 bridgehead atoms. The minimum absolute atomic E-state index is 0.00262. The van der Waals surface area contributed by atoms with Gasteiger partial charge < -0.3 is 19.7 Å². The fraction of sp³-hybridized carbons (Fsp3) is 0.524. The van der Waals surface area contributed by atoms with Crippen LogP contribution in [0.2, 0.25) is 0 Å². The van der Waals surface area contributed by atoms with Crippen molar-refractivity contribution in [3.8, 4) is 11.5 Å². The molecule has 162 valence electrons. The number of hydrogen-bond acceptors (Lipinski definition) is 7. The van der Waals surface area contributed by atoms with Gasteiger partial charge in [0, 0.05) is 25.2 Å². The van der Waals surface area contributed by atoms with Crippen molar-refractivity contribution in [3.63, 3.8) is 0 Å². The zero-order valence-corrected chi connectivity index (χ0v) is 18.5. The van der Waals surface area contributed by atoms with Crippen molar-refractivity contribution in [1.82, 2.24) is 19.8 Å². The Labute approximate surface area is 180 Å². The molecule has 0 atom stereocenters. The lowest BCUT2D eigenvalue weighted by Crippen LogP contribution is -2.41. The van der Waals surface area contributed by atoms with E-state index in [9.17, 15) is 9.59 Å². The molecule has 0 radical (unpaired) electrons. The number of rotatable bonds is 8. The highest BCUT2D eigenvalue weighted by atomic mass is 32.1. The maximum atomic E-state index is 12.6. The number of benzene rings is 1. The van der Waals surface area contributed by atoms with Gasteiger partial charge in [-0.25, -0.2) is 0 Å². The Balaban J connectivity index is 1.50. The van der Waals surface area contributed by atoms with Crippen LogP contribution in [0.3, 0.4) is 0 Å². The summed E-state index contributed by atoms with van der Waals surface area (Å²) >= 11 is 1.14. The molecule has 9 heteroatoms. The lowest BCUT2D eigenvalue weighted by molar-refractivity contribution is 0.0688. The predicted octanol–water partition coefficient (Wildman–Crippen LogP) is 2.93. The molecule has 0 unspecified atom stereocenters. The SMILES string of the molecule is CCOc1ccc(C(=O)NCC2CCN(C(=O)c3snnc3C)CC2)cc1OCC. The minimum atomic E-state index is -0.135. The summed E-state index contributed by atoms with van der Waals surface area (Å²) in [6, 6.07) is 5.23. The van der Waals surface area contributed by atoms with E-state index in [0.29, 0.717) is 66.4 Å². The van der Waals surface area contributed by atoms with Crippen LogP contribution in [-0.2, 0) is 0 Å². The molecular formula is C21H28N4O4S. The van der Waals surface area contributed by atoms with Crippen molar-refractivity contribution in [3.05, 3.63) is 34.3 Å². The number of hydrogen-bond donors (Lipinski definition) is 1. The number of carbonyl (C=O) groups excluding carboxylic acids is 2. The van der Waals surface area contributed by atoms with Gasteiger partial charge in [-0.05, 0) is 69.3 Å². The van der Waals surface area contributed by atoms with Gasteiger partial charge in [-0.15, -0.1) is 5.10 Å². The molecule has 1 fully saturated rings. The summed E-state index contributed by atoms with van der Waals surface area (Å²) in [5, 5.41) is 6.93. The van der Waals surface area contributed by atoms with Crippen LogP contribution in [0.4, 0.5) is 0 Å². The summed E-state index contributed by atoms with van der Waals surface area (Å²) in [6.07, 6.45) is 1.70. The summed E-state index contributed by atoms with van der Waals surface area (Å²) in [5.41, 5.74) is 1.23. The van der Waals surface area contributed by atoms with E-state index in [-0.39, 0.29) is 11.8 Å². The van der Waals surface area contributed by atoms with Gasteiger partial charge in [0.2, 0.25) is 0 Å². The third-order valence-corrected chi connectivity index (χ3v) is 5.92. The number of piperidine rings is 1. The Kier molecular flexibility index (Phi) is 7.62. The maximum absolute atomic E-state index is 12.6. The number of amides is 2. The molecule has 1 aromatic heterocycles. The highest BCUT2D eigenvalue weighted by Gasteiger charge is 2.26. The first kappa shape index (κ1) is 22.0.